The molecule has 2 atom stereocenters. The van der Waals surface area contributed by atoms with Crippen molar-refractivity contribution in [1.82, 2.24) is 10.2 Å². The molecular weight excluding hydrogens is 372 g/mol. The van der Waals surface area contributed by atoms with E-state index in [2.05, 4.69) is 40.0 Å². The maximum Gasteiger partial charge on any atom is 0.251 e. The maximum absolute atomic E-state index is 12.8. The number of hydrogen-bond acceptors (Lipinski definition) is 3. The molecule has 28 heavy (non-hydrogen) atoms. The molecular formula is C22H23ClN4O. The van der Waals surface area contributed by atoms with E-state index < -0.39 is 0 Å². The van der Waals surface area contributed by atoms with Crippen LogP contribution in [0.5, 0.6) is 0 Å². The van der Waals surface area contributed by atoms with Crippen LogP contribution >= 0.6 is 11.6 Å². The van der Waals surface area contributed by atoms with Crippen LogP contribution < -0.4 is 10.2 Å². The van der Waals surface area contributed by atoms with Gasteiger partial charge in [-0.2, -0.15) is 0 Å². The van der Waals surface area contributed by atoms with Crippen molar-refractivity contribution in [3.63, 3.8) is 0 Å². The van der Waals surface area contributed by atoms with E-state index >= 15 is 0 Å². The van der Waals surface area contributed by atoms with Crippen molar-refractivity contribution >= 4 is 28.9 Å². The Kier molecular flexibility index (Phi) is 5.01. The minimum atomic E-state index is -0.0159. The summed E-state index contributed by atoms with van der Waals surface area (Å²) in [5.74, 6) is -0.0159. The highest BCUT2D eigenvalue weighted by Crippen LogP contribution is 2.33. The number of nitrogens with zero attached hydrogens (tertiary/aromatic N) is 3. The molecule has 0 saturated carbocycles. The number of carbonyl (C=O) groups is 1. The lowest BCUT2D eigenvalue weighted by atomic mass is 10.1. The summed E-state index contributed by atoms with van der Waals surface area (Å²) in [5.41, 5.74) is 4.72. The molecule has 1 fully saturated rings. The third-order valence-electron chi connectivity index (χ3n) is 5.64. The minimum Gasteiger partial charge on any atom is -0.367 e. The van der Waals surface area contributed by atoms with Crippen molar-refractivity contribution in [3.8, 4) is 0 Å². The average Bonchev–Trinajstić information content (AvgIpc) is 3.22. The molecule has 0 bridgehead atoms. The molecule has 1 N–H and O–H groups in total. The Hall–Kier alpha value is -2.55. The fourth-order valence-corrected chi connectivity index (χ4v) is 4.45. The number of rotatable bonds is 3. The number of hydrogen-bond donors (Lipinski definition) is 1. The highest BCUT2D eigenvalue weighted by molar-refractivity contribution is 6.33. The van der Waals surface area contributed by atoms with Gasteiger partial charge in [-0.25, -0.2) is 4.85 Å². The van der Waals surface area contributed by atoms with E-state index in [0.29, 0.717) is 10.7 Å². The van der Waals surface area contributed by atoms with Crippen LogP contribution in [0.1, 0.15) is 34.8 Å². The zero-order valence-corrected chi connectivity index (χ0v) is 16.8. The van der Waals surface area contributed by atoms with Crippen LogP contribution in [0.3, 0.4) is 0 Å². The van der Waals surface area contributed by atoms with Crippen molar-refractivity contribution in [1.29, 1.82) is 0 Å². The highest BCUT2D eigenvalue weighted by atomic mass is 35.5. The summed E-state index contributed by atoms with van der Waals surface area (Å²) in [4.78, 5) is 20.7. The third kappa shape index (κ3) is 3.58. The second-order valence-corrected chi connectivity index (χ2v) is 8.22. The van der Waals surface area contributed by atoms with Gasteiger partial charge in [-0.15, -0.1) is 0 Å². The van der Waals surface area contributed by atoms with Gasteiger partial charge in [0.05, 0.1) is 6.57 Å². The summed E-state index contributed by atoms with van der Waals surface area (Å²) in [7, 11) is 2.09. The number of anilines is 1. The molecule has 6 heteroatoms. The molecule has 2 aliphatic rings. The SMILES string of the molecule is [C-]#[N+]c1ccc(N2C[C@H](NC(=O)c3ccc4c(c3)CN(C)C4)C[C@@H]2C)cc1Cl. The van der Waals surface area contributed by atoms with Gasteiger partial charge in [0.15, 0.2) is 0 Å². The van der Waals surface area contributed by atoms with Crippen LogP contribution in [0, 0.1) is 6.57 Å². The Morgan fingerprint density at radius 1 is 1.21 bits per heavy atom. The predicted octanol–water partition coefficient (Wildman–Crippen LogP) is 4.23. The lowest BCUT2D eigenvalue weighted by Crippen LogP contribution is -2.37. The third-order valence-corrected chi connectivity index (χ3v) is 5.95. The van der Waals surface area contributed by atoms with Gasteiger partial charge in [-0.3, -0.25) is 9.69 Å². The highest BCUT2D eigenvalue weighted by Gasteiger charge is 2.31. The Bertz CT molecular complexity index is 967. The lowest BCUT2D eigenvalue weighted by molar-refractivity contribution is 0.0940. The first-order valence-electron chi connectivity index (χ1n) is 9.49. The topological polar surface area (TPSA) is 39.9 Å². The van der Waals surface area contributed by atoms with Crippen molar-refractivity contribution in [2.75, 3.05) is 18.5 Å². The predicted molar refractivity (Wildman–Crippen MR) is 112 cm³/mol. The number of benzene rings is 2. The van der Waals surface area contributed by atoms with Crippen LogP contribution in [0.25, 0.3) is 4.85 Å². The lowest BCUT2D eigenvalue weighted by Gasteiger charge is -2.24. The molecule has 5 nitrogen and oxygen atoms in total. The largest absolute Gasteiger partial charge is 0.367 e. The number of halogens is 1. The molecule has 2 aliphatic heterocycles. The van der Waals surface area contributed by atoms with Gasteiger partial charge in [-0.05, 0) is 55.8 Å². The summed E-state index contributed by atoms with van der Waals surface area (Å²) >= 11 is 6.20. The number of fused-ring (bicyclic) bond motifs is 1. The van der Waals surface area contributed by atoms with Crippen LogP contribution in [0.4, 0.5) is 11.4 Å². The quantitative estimate of drug-likeness (QED) is 0.792. The zero-order valence-electron chi connectivity index (χ0n) is 16.1. The molecule has 0 aliphatic carbocycles. The smallest absolute Gasteiger partial charge is 0.251 e. The zero-order chi connectivity index (χ0) is 19.8. The molecule has 2 aromatic rings. The Balaban J connectivity index is 1.44. The number of nitrogens with one attached hydrogen (secondary N) is 1. The maximum atomic E-state index is 12.8. The van der Waals surface area contributed by atoms with E-state index in [4.69, 9.17) is 18.2 Å². The van der Waals surface area contributed by atoms with E-state index in [9.17, 15) is 4.79 Å². The number of amides is 1. The molecule has 1 saturated heterocycles. The molecule has 0 unspecified atom stereocenters. The van der Waals surface area contributed by atoms with Crippen molar-refractivity contribution in [2.45, 2.75) is 38.5 Å². The molecule has 0 spiro atoms. The molecule has 144 valence electrons. The van der Waals surface area contributed by atoms with E-state index in [1.807, 2.05) is 24.3 Å². The summed E-state index contributed by atoms with van der Waals surface area (Å²) in [6.45, 7) is 11.8. The van der Waals surface area contributed by atoms with E-state index in [-0.39, 0.29) is 18.0 Å². The van der Waals surface area contributed by atoms with Gasteiger partial charge < -0.3 is 10.2 Å². The second kappa shape index (κ2) is 7.46. The van der Waals surface area contributed by atoms with Crippen LogP contribution in [0.15, 0.2) is 36.4 Å². The van der Waals surface area contributed by atoms with Crippen molar-refractivity contribution < 1.29 is 4.79 Å². The van der Waals surface area contributed by atoms with Gasteiger partial charge in [0.25, 0.3) is 5.91 Å². The summed E-state index contributed by atoms with van der Waals surface area (Å²) < 4.78 is 0. The fourth-order valence-electron chi connectivity index (χ4n) is 4.24. The molecule has 2 aromatic carbocycles. The Morgan fingerprint density at radius 3 is 2.75 bits per heavy atom. The van der Waals surface area contributed by atoms with E-state index in [1.165, 1.54) is 11.1 Å². The van der Waals surface area contributed by atoms with Crippen LogP contribution in [0.2, 0.25) is 5.02 Å². The molecule has 0 aromatic heterocycles. The molecule has 1 amide bonds. The van der Waals surface area contributed by atoms with Gasteiger partial charge in [0.2, 0.25) is 5.69 Å². The first-order valence-corrected chi connectivity index (χ1v) is 9.87. The first-order chi connectivity index (χ1) is 13.4. The average molecular weight is 395 g/mol. The van der Waals surface area contributed by atoms with Crippen LogP contribution in [-0.2, 0) is 13.1 Å². The number of carbonyl (C=O) groups excluding carboxylic acids is 1. The normalized spacial score (nSPS) is 21.4. The second-order valence-electron chi connectivity index (χ2n) is 7.81. The van der Waals surface area contributed by atoms with Gasteiger partial charge in [0.1, 0.15) is 0 Å². The van der Waals surface area contributed by atoms with Gasteiger partial charge in [-0.1, -0.05) is 23.7 Å². The summed E-state index contributed by atoms with van der Waals surface area (Å²) in [5, 5.41) is 3.66. The molecule has 4 rings (SSSR count). The summed E-state index contributed by atoms with van der Waals surface area (Å²) in [6, 6.07) is 11.9. The fraction of sp³-hybridized carbons (Fsp3) is 0.364. The Labute approximate surface area is 170 Å². The van der Waals surface area contributed by atoms with E-state index in [0.717, 1.165) is 37.3 Å². The summed E-state index contributed by atoms with van der Waals surface area (Å²) in [6.07, 6.45) is 0.877. The van der Waals surface area contributed by atoms with E-state index in [1.54, 1.807) is 6.07 Å². The Morgan fingerprint density at radius 2 is 2.00 bits per heavy atom. The van der Waals surface area contributed by atoms with Crippen LogP contribution in [-0.4, -0.2) is 36.5 Å². The van der Waals surface area contributed by atoms with Crippen molar-refractivity contribution in [3.05, 3.63) is 69.5 Å². The minimum absolute atomic E-state index is 0.0159. The standard InChI is InChI=1S/C22H23ClN4O/c1-14-8-18(13-27(14)19-6-7-21(24-2)20(23)10-19)25-22(28)15-4-5-16-11-26(3)12-17(16)9-15/h4-7,9-10,14,18H,8,11-13H2,1,3H3,(H,25,28)/t14-,18+/m0/s1. The monoisotopic (exact) mass is 394 g/mol. The van der Waals surface area contributed by atoms with Crippen molar-refractivity contribution in [2.24, 2.45) is 0 Å². The first kappa shape index (κ1) is 18.8. The molecule has 2 heterocycles. The van der Waals surface area contributed by atoms with Gasteiger partial charge >= 0.3 is 0 Å². The molecule has 0 radical (unpaired) electrons. The van der Waals surface area contributed by atoms with Gasteiger partial charge in [0, 0.05) is 48.0 Å².